The van der Waals surface area contributed by atoms with Gasteiger partial charge in [0.25, 0.3) is 5.91 Å². The number of aryl methyl sites for hydroxylation is 1. The fraction of sp³-hybridized carbons (Fsp3) is 0.500. The summed E-state index contributed by atoms with van der Waals surface area (Å²) in [6.45, 7) is 4.18. The molecule has 3 heterocycles. The van der Waals surface area contributed by atoms with Gasteiger partial charge in [0, 0.05) is 19.3 Å². The minimum absolute atomic E-state index is 0.0394. The molecule has 1 saturated heterocycles. The summed E-state index contributed by atoms with van der Waals surface area (Å²) in [5, 5.41) is -0.182. The second-order valence-corrected chi connectivity index (χ2v) is 7.04. The van der Waals surface area contributed by atoms with Crippen LogP contribution in [0.2, 0.25) is 5.02 Å². The second kappa shape index (κ2) is 7.62. The molecule has 0 aromatic carbocycles. The molecule has 0 unspecified atom stereocenters. The standard InChI is InChI=1S/C18H19ClF3N3O3/c1-3-28-17(27)11-4-6-24(7-5-11)16(26)14-10(2)23-15-13(19)8-12(9-25(14)15)18(20,21)22/h8-9,11H,3-7H2,1-2H3. The maximum Gasteiger partial charge on any atom is 0.417 e. The van der Waals surface area contributed by atoms with E-state index >= 15 is 0 Å². The molecule has 1 aliphatic heterocycles. The highest BCUT2D eigenvalue weighted by atomic mass is 35.5. The van der Waals surface area contributed by atoms with E-state index in [2.05, 4.69) is 4.98 Å². The van der Waals surface area contributed by atoms with Crippen molar-refractivity contribution in [2.75, 3.05) is 19.7 Å². The van der Waals surface area contributed by atoms with E-state index in [0.717, 1.165) is 16.7 Å². The third-order valence-corrected chi connectivity index (χ3v) is 5.06. The van der Waals surface area contributed by atoms with E-state index in [4.69, 9.17) is 16.3 Å². The number of carbonyl (C=O) groups is 2. The van der Waals surface area contributed by atoms with Crippen LogP contribution in [0, 0.1) is 12.8 Å². The highest BCUT2D eigenvalue weighted by molar-refractivity contribution is 6.33. The van der Waals surface area contributed by atoms with Gasteiger partial charge in [-0.25, -0.2) is 4.98 Å². The first kappa shape index (κ1) is 20.4. The number of hydrogen-bond acceptors (Lipinski definition) is 4. The lowest BCUT2D eigenvalue weighted by Crippen LogP contribution is -2.41. The molecule has 1 fully saturated rings. The lowest BCUT2D eigenvalue weighted by Gasteiger charge is -2.30. The van der Waals surface area contributed by atoms with Crippen LogP contribution in [0.15, 0.2) is 12.3 Å². The Labute approximate surface area is 164 Å². The number of piperidine rings is 1. The number of imidazole rings is 1. The summed E-state index contributed by atoms with van der Waals surface area (Å²) in [7, 11) is 0. The van der Waals surface area contributed by atoms with Crippen molar-refractivity contribution in [3.8, 4) is 0 Å². The highest BCUT2D eigenvalue weighted by Crippen LogP contribution is 2.33. The van der Waals surface area contributed by atoms with Crippen molar-refractivity contribution in [2.24, 2.45) is 5.92 Å². The average molecular weight is 418 g/mol. The lowest BCUT2D eigenvalue weighted by molar-refractivity contribution is -0.149. The molecule has 10 heteroatoms. The number of halogens is 4. The molecule has 1 aliphatic rings. The molecule has 0 atom stereocenters. The third-order valence-electron chi connectivity index (χ3n) is 4.78. The molecule has 2 aromatic heterocycles. The van der Waals surface area contributed by atoms with Crippen LogP contribution >= 0.6 is 11.6 Å². The van der Waals surface area contributed by atoms with Crippen LogP contribution in [0.25, 0.3) is 5.65 Å². The number of alkyl halides is 3. The van der Waals surface area contributed by atoms with Gasteiger partial charge in [0.2, 0.25) is 0 Å². The highest BCUT2D eigenvalue weighted by Gasteiger charge is 2.34. The van der Waals surface area contributed by atoms with Crippen LogP contribution in [-0.4, -0.2) is 45.9 Å². The predicted molar refractivity (Wildman–Crippen MR) is 95.2 cm³/mol. The Hall–Kier alpha value is -2.29. The van der Waals surface area contributed by atoms with E-state index in [1.165, 1.54) is 4.90 Å². The zero-order chi connectivity index (χ0) is 20.6. The second-order valence-electron chi connectivity index (χ2n) is 6.63. The van der Waals surface area contributed by atoms with E-state index in [-0.39, 0.29) is 28.3 Å². The lowest BCUT2D eigenvalue weighted by atomic mass is 9.97. The number of likely N-dealkylation sites (tertiary alicyclic amines) is 1. The van der Waals surface area contributed by atoms with Crippen LogP contribution in [0.1, 0.15) is 41.5 Å². The number of hydrogen-bond donors (Lipinski definition) is 0. The number of pyridine rings is 1. The topological polar surface area (TPSA) is 63.9 Å². The Morgan fingerprint density at radius 1 is 1.32 bits per heavy atom. The SMILES string of the molecule is CCOC(=O)C1CCN(C(=O)c2c(C)nc3c(Cl)cc(C(F)(F)F)cn23)CC1. The Kier molecular flexibility index (Phi) is 5.56. The molecule has 1 amide bonds. The van der Waals surface area contributed by atoms with Gasteiger partial charge in [0.05, 0.1) is 28.8 Å². The van der Waals surface area contributed by atoms with Crippen LogP contribution in [0.5, 0.6) is 0 Å². The first-order chi connectivity index (χ1) is 13.1. The van der Waals surface area contributed by atoms with Gasteiger partial charge >= 0.3 is 12.1 Å². The van der Waals surface area contributed by atoms with Crippen LogP contribution in [0.3, 0.4) is 0 Å². The summed E-state index contributed by atoms with van der Waals surface area (Å²) in [6, 6.07) is 0.794. The summed E-state index contributed by atoms with van der Waals surface area (Å²) in [5.41, 5.74) is -0.536. The molecular weight excluding hydrogens is 399 g/mol. The Morgan fingerprint density at radius 3 is 2.54 bits per heavy atom. The maximum absolute atomic E-state index is 13.1. The molecule has 0 N–H and O–H groups in total. The van der Waals surface area contributed by atoms with Crippen molar-refractivity contribution in [1.29, 1.82) is 0 Å². The predicted octanol–water partition coefficient (Wildman–Crippen LogP) is 3.73. The minimum atomic E-state index is -4.60. The maximum atomic E-state index is 13.1. The van der Waals surface area contributed by atoms with E-state index < -0.39 is 17.6 Å². The summed E-state index contributed by atoms with van der Waals surface area (Å²) < 4.78 is 45.5. The molecular formula is C18H19ClF3N3O3. The number of nitrogens with zero attached hydrogens (tertiary/aromatic N) is 3. The van der Waals surface area contributed by atoms with E-state index in [1.807, 2.05) is 0 Å². The van der Waals surface area contributed by atoms with Gasteiger partial charge in [-0.3, -0.25) is 14.0 Å². The molecule has 152 valence electrons. The van der Waals surface area contributed by atoms with Gasteiger partial charge in [0.15, 0.2) is 5.65 Å². The number of rotatable bonds is 3. The van der Waals surface area contributed by atoms with Crippen LogP contribution in [0.4, 0.5) is 13.2 Å². The monoisotopic (exact) mass is 417 g/mol. The number of amides is 1. The van der Waals surface area contributed by atoms with Crippen molar-refractivity contribution in [3.05, 3.63) is 34.2 Å². The number of aromatic nitrogens is 2. The van der Waals surface area contributed by atoms with Crippen LogP contribution in [-0.2, 0) is 15.7 Å². The molecule has 28 heavy (non-hydrogen) atoms. The largest absolute Gasteiger partial charge is 0.466 e. The molecule has 0 saturated carbocycles. The normalized spacial score (nSPS) is 15.9. The number of carbonyl (C=O) groups excluding carboxylic acids is 2. The fourth-order valence-corrected chi connectivity index (χ4v) is 3.61. The minimum Gasteiger partial charge on any atom is -0.466 e. The summed E-state index contributed by atoms with van der Waals surface area (Å²) in [5.74, 6) is -1.01. The van der Waals surface area contributed by atoms with E-state index in [1.54, 1.807) is 13.8 Å². The molecule has 3 rings (SSSR count). The molecule has 6 nitrogen and oxygen atoms in total. The first-order valence-electron chi connectivity index (χ1n) is 8.84. The van der Waals surface area contributed by atoms with E-state index in [9.17, 15) is 22.8 Å². The molecule has 0 spiro atoms. The summed E-state index contributed by atoms with van der Waals surface area (Å²) in [4.78, 5) is 30.5. The smallest absolute Gasteiger partial charge is 0.417 e. The van der Waals surface area contributed by atoms with Crippen LogP contribution < -0.4 is 0 Å². The molecule has 0 radical (unpaired) electrons. The van der Waals surface area contributed by atoms with Gasteiger partial charge in [-0.1, -0.05) is 11.6 Å². The third kappa shape index (κ3) is 3.80. The van der Waals surface area contributed by atoms with Gasteiger partial charge in [0.1, 0.15) is 5.69 Å². The van der Waals surface area contributed by atoms with Gasteiger partial charge < -0.3 is 9.64 Å². The Balaban J connectivity index is 1.89. The number of ether oxygens (including phenoxy) is 1. The van der Waals surface area contributed by atoms with Crippen molar-refractivity contribution >= 4 is 29.1 Å². The van der Waals surface area contributed by atoms with Crippen molar-refractivity contribution in [3.63, 3.8) is 0 Å². The van der Waals surface area contributed by atoms with Gasteiger partial charge in [-0.2, -0.15) is 13.2 Å². The summed E-state index contributed by atoms with van der Waals surface area (Å²) in [6.07, 6.45) is -2.89. The quantitative estimate of drug-likeness (QED) is 0.714. The molecule has 0 bridgehead atoms. The Bertz CT molecular complexity index is 918. The van der Waals surface area contributed by atoms with Crippen molar-refractivity contribution < 1.29 is 27.5 Å². The van der Waals surface area contributed by atoms with Gasteiger partial charge in [-0.05, 0) is 32.8 Å². The summed E-state index contributed by atoms with van der Waals surface area (Å²) >= 11 is 5.97. The number of esters is 1. The van der Waals surface area contributed by atoms with Gasteiger partial charge in [-0.15, -0.1) is 0 Å². The van der Waals surface area contributed by atoms with Crippen molar-refractivity contribution in [2.45, 2.75) is 32.9 Å². The zero-order valence-corrected chi connectivity index (χ0v) is 16.1. The first-order valence-corrected chi connectivity index (χ1v) is 9.22. The van der Waals surface area contributed by atoms with Crippen molar-refractivity contribution in [1.82, 2.24) is 14.3 Å². The fourth-order valence-electron chi connectivity index (χ4n) is 3.36. The zero-order valence-electron chi connectivity index (χ0n) is 15.3. The molecule has 2 aromatic rings. The van der Waals surface area contributed by atoms with E-state index in [0.29, 0.717) is 38.2 Å². The number of fused-ring (bicyclic) bond motifs is 1. The molecule has 0 aliphatic carbocycles. The Morgan fingerprint density at radius 2 is 1.96 bits per heavy atom. The average Bonchev–Trinajstić information content (AvgIpc) is 2.97.